The van der Waals surface area contributed by atoms with Crippen LogP contribution in [0, 0.1) is 11.3 Å². The molecule has 2 nitrogen and oxygen atoms in total. The topological polar surface area (TPSA) is 36.7 Å². The van der Waals surface area contributed by atoms with Crippen LogP contribution in [-0.2, 0) is 0 Å². The smallest absolute Gasteiger partial charge is 0.101 e. The molecule has 0 radical (unpaired) electrons. The second-order valence-electron chi connectivity index (χ2n) is 2.61. The van der Waals surface area contributed by atoms with Crippen LogP contribution in [0.3, 0.4) is 0 Å². The van der Waals surface area contributed by atoms with E-state index in [1.165, 1.54) is 0 Å². The van der Waals surface area contributed by atoms with E-state index in [1.54, 1.807) is 12.3 Å². The van der Waals surface area contributed by atoms with E-state index >= 15 is 0 Å². The fourth-order valence-corrected chi connectivity index (χ4v) is 1.68. The Morgan fingerprint density at radius 1 is 1.29 bits per heavy atom. The lowest BCUT2D eigenvalue weighted by atomic mass is 10.1. The number of nitriles is 1. The molecule has 2 rings (SSSR count). The molecule has 0 aliphatic rings. The molecule has 0 aliphatic carbocycles. The van der Waals surface area contributed by atoms with Crippen molar-refractivity contribution in [1.82, 2.24) is 4.98 Å². The molecule has 0 amide bonds. The van der Waals surface area contributed by atoms with Crippen molar-refractivity contribution in [3.63, 3.8) is 0 Å². The Kier molecular flexibility index (Phi) is 3.45. The van der Waals surface area contributed by atoms with Gasteiger partial charge < -0.3 is 0 Å². The van der Waals surface area contributed by atoms with Gasteiger partial charge in [-0.1, -0.05) is 22.0 Å². The number of benzene rings is 1. The highest BCUT2D eigenvalue weighted by Crippen LogP contribution is 2.24. The molecular weight excluding hydrogens is 263 g/mol. The van der Waals surface area contributed by atoms with E-state index in [-0.39, 0.29) is 12.4 Å². The number of nitrogens with zero attached hydrogens (tertiary/aromatic N) is 2. The molecule has 0 unspecified atom stereocenters. The number of rotatable bonds is 0. The maximum absolute atomic E-state index is 8.82. The molecule has 14 heavy (non-hydrogen) atoms. The summed E-state index contributed by atoms with van der Waals surface area (Å²) in [7, 11) is 0. The minimum atomic E-state index is 0. The molecule has 0 N–H and O–H groups in total. The monoisotopic (exact) mass is 268 g/mol. The SMILES string of the molecule is Cl.N#Cc1ccc(Br)c2cccnc12. The minimum absolute atomic E-state index is 0. The van der Waals surface area contributed by atoms with Gasteiger partial charge in [0.2, 0.25) is 0 Å². The molecule has 1 heterocycles. The number of hydrogen-bond acceptors (Lipinski definition) is 2. The molecule has 1 aromatic carbocycles. The molecule has 0 fully saturated rings. The Morgan fingerprint density at radius 3 is 2.79 bits per heavy atom. The van der Waals surface area contributed by atoms with Crippen LogP contribution in [0.15, 0.2) is 34.9 Å². The minimum Gasteiger partial charge on any atom is -0.255 e. The Hall–Kier alpha value is -1.11. The second-order valence-corrected chi connectivity index (χ2v) is 3.46. The fourth-order valence-electron chi connectivity index (χ4n) is 1.23. The molecule has 0 spiro atoms. The molecule has 0 saturated carbocycles. The van der Waals surface area contributed by atoms with E-state index in [2.05, 4.69) is 27.0 Å². The van der Waals surface area contributed by atoms with E-state index in [4.69, 9.17) is 5.26 Å². The van der Waals surface area contributed by atoms with E-state index in [1.807, 2.05) is 18.2 Å². The molecule has 4 heteroatoms. The summed E-state index contributed by atoms with van der Waals surface area (Å²) in [4.78, 5) is 4.16. The number of fused-ring (bicyclic) bond motifs is 1. The Bertz CT molecular complexity index is 505. The molecule has 0 aliphatic heterocycles. The van der Waals surface area contributed by atoms with E-state index in [9.17, 15) is 0 Å². The summed E-state index contributed by atoms with van der Waals surface area (Å²) in [6.07, 6.45) is 1.69. The zero-order chi connectivity index (χ0) is 9.26. The van der Waals surface area contributed by atoms with Crippen LogP contribution in [0.4, 0.5) is 0 Å². The molecule has 2 aromatic rings. The standard InChI is InChI=1S/C10H5BrN2.ClH/c11-9-4-3-7(6-12)10-8(9)2-1-5-13-10;/h1-5H;1H. The van der Waals surface area contributed by atoms with Gasteiger partial charge in [-0.25, -0.2) is 0 Å². The fraction of sp³-hybridized carbons (Fsp3) is 0. The van der Waals surface area contributed by atoms with Gasteiger partial charge in [0.15, 0.2) is 0 Å². The zero-order valence-electron chi connectivity index (χ0n) is 7.07. The molecule has 70 valence electrons. The van der Waals surface area contributed by atoms with Crippen molar-refractivity contribution < 1.29 is 0 Å². The Labute approximate surface area is 96.1 Å². The average Bonchev–Trinajstić information content (AvgIpc) is 2.19. The van der Waals surface area contributed by atoms with Crippen molar-refractivity contribution in [2.24, 2.45) is 0 Å². The first-order valence-electron chi connectivity index (χ1n) is 3.76. The summed E-state index contributed by atoms with van der Waals surface area (Å²) in [5, 5.41) is 9.79. The molecular formula is C10H6BrClN2. The number of halogens is 2. The quantitative estimate of drug-likeness (QED) is 0.736. The highest BCUT2D eigenvalue weighted by molar-refractivity contribution is 9.10. The van der Waals surface area contributed by atoms with Crippen LogP contribution in [0.25, 0.3) is 10.9 Å². The highest BCUT2D eigenvalue weighted by atomic mass is 79.9. The second kappa shape index (κ2) is 4.41. The maximum atomic E-state index is 8.82. The van der Waals surface area contributed by atoms with Gasteiger partial charge in [0, 0.05) is 16.1 Å². The molecule has 0 saturated heterocycles. The van der Waals surface area contributed by atoms with Crippen molar-refractivity contribution in [1.29, 1.82) is 5.26 Å². The third-order valence-electron chi connectivity index (χ3n) is 1.84. The predicted molar refractivity (Wildman–Crippen MR) is 61.4 cm³/mol. The summed E-state index contributed by atoms with van der Waals surface area (Å²) < 4.78 is 0.967. The molecule has 0 atom stereocenters. The van der Waals surface area contributed by atoms with Crippen molar-refractivity contribution >= 4 is 39.2 Å². The van der Waals surface area contributed by atoms with Gasteiger partial charge in [-0.2, -0.15) is 5.26 Å². The van der Waals surface area contributed by atoms with E-state index in [0.29, 0.717) is 5.56 Å². The van der Waals surface area contributed by atoms with Crippen molar-refractivity contribution in [2.75, 3.05) is 0 Å². The number of pyridine rings is 1. The van der Waals surface area contributed by atoms with Crippen LogP contribution in [0.1, 0.15) is 5.56 Å². The number of aromatic nitrogens is 1. The summed E-state index contributed by atoms with van der Waals surface area (Å²) in [6, 6.07) is 9.53. The van der Waals surface area contributed by atoms with Gasteiger partial charge in [0.1, 0.15) is 6.07 Å². The Morgan fingerprint density at radius 2 is 2.07 bits per heavy atom. The van der Waals surface area contributed by atoms with Crippen LogP contribution >= 0.6 is 28.3 Å². The van der Waals surface area contributed by atoms with Crippen molar-refractivity contribution in [3.05, 3.63) is 40.5 Å². The maximum Gasteiger partial charge on any atom is 0.101 e. The van der Waals surface area contributed by atoms with Crippen molar-refractivity contribution in [3.8, 4) is 6.07 Å². The van der Waals surface area contributed by atoms with Gasteiger partial charge in [-0.05, 0) is 18.2 Å². The lowest BCUT2D eigenvalue weighted by Gasteiger charge is -1.99. The summed E-state index contributed by atoms with van der Waals surface area (Å²) in [5.74, 6) is 0. The van der Waals surface area contributed by atoms with Crippen LogP contribution in [-0.4, -0.2) is 4.98 Å². The normalized spacial score (nSPS) is 9.14. The predicted octanol–water partition coefficient (Wildman–Crippen LogP) is 3.29. The molecule has 0 bridgehead atoms. The first-order valence-corrected chi connectivity index (χ1v) is 4.55. The summed E-state index contributed by atoms with van der Waals surface area (Å²) >= 11 is 3.41. The summed E-state index contributed by atoms with van der Waals surface area (Å²) in [5.41, 5.74) is 1.36. The van der Waals surface area contributed by atoms with Crippen molar-refractivity contribution in [2.45, 2.75) is 0 Å². The van der Waals surface area contributed by atoms with E-state index in [0.717, 1.165) is 15.4 Å². The van der Waals surface area contributed by atoms with E-state index < -0.39 is 0 Å². The lowest BCUT2D eigenvalue weighted by molar-refractivity contribution is 1.39. The van der Waals surface area contributed by atoms with Gasteiger partial charge in [-0.15, -0.1) is 12.4 Å². The highest BCUT2D eigenvalue weighted by Gasteiger charge is 2.03. The molecule has 1 aromatic heterocycles. The average molecular weight is 270 g/mol. The number of hydrogen-bond donors (Lipinski definition) is 0. The van der Waals surface area contributed by atoms with Gasteiger partial charge in [0.05, 0.1) is 11.1 Å². The van der Waals surface area contributed by atoms with Crippen LogP contribution in [0.2, 0.25) is 0 Å². The van der Waals surface area contributed by atoms with Gasteiger partial charge in [0.25, 0.3) is 0 Å². The van der Waals surface area contributed by atoms with Gasteiger partial charge in [-0.3, -0.25) is 4.98 Å². The van der Waals surface area contributed by atoms with Crippen LogP contribution < -0.4 is 0 Å². The Balaban J connectivity index is 0.000000980. The summed E-state index contributed by atoms with van der Waals surface area (Å²) in [6.45, 7) is 0. The largest absolute Gasteiger partial charge is 0.255 e. The first-order chi connectivity index (χ1) is 6.33. The third kappa shape index (κ3) is 1.72. The first kappa shape index (κ1) is 11.0. The third-order valence-corrected chi connectivity index (χ3v) is 2.53. The van der Waals surface area contributed by atoms with Gasteiger partial charge >= 0.3 is 0 Å². The lowest BCUT2D eigenvalue weighted by Crippen LogP contribution is -1.83. The zero-order valence-corrected chi connectivity index (χ0v) is 9.47. The van der Waals surface area contributed by atoms with Crippen LogP contribution in [0.5, 0.6) is 0 Å².